The SMILES string of the molecule is COc1ccc([C@@H](CC(=O)c2ccc3cnc(N[C@@H](C)CO)cc3c2)c2ccn(C)n2)cc1F. The fourth-order valence-corrected chi connectivity index (χ4v) is 3.91. The Bertz CT molecular complexity index is 1320. The molecule has 0 saturated carbocycles. The van der Waals surface area contributed by atoms with Gasteiger partial charge in [-0.1, -0.05) is 18.2 Å². The number of anilines is 1. The molecule has 4 aromatic rings. The Morgan fingerprint density at radius 2 is 2.00 bits per heavy atom. The summed E-state index contributed by atoms with van der Waals surface area (Å²) in [4.78, 5) is 17.7. The molecule has 2 heterocycles. The van der Waals surface area contributed by atoms with E-state index in [0.717, 1.165) is 10.8 Å². The summed E-state index contributed by atoms with van der Waals surface area (Å²) in [6, 6.07) is 13.8. The van der Waals surface area contributed by atoms with Crippen LogP contribution in [0.3, 0.4) is 0 Å². The first-order valence-electron chi connectivity index (χ1n) is 11.0. The predicted molar refractivity (Wildman–Crippen MR) is 129 cm³/mol. The summed E-state index contributed by atoms with van der Waals surface area (Å²) in [5.74, 6) is -0.200. The van der Waals surface area contributed by atoms with Crippen LogP contribution in [-0.2, 0) is 7.05 Å². The van der Waals surface area contributed by atoms with Crippen molar-refractivity contribution in [1.29, 1.82) is 0 Å². The Morgan fingerprint density at radius 1 is 1.18 bits per heavy atom. The van der Waals surface area contributed by atoms with Gasteiger partial charge in [-0.05, 0) is 48.2 Å². The second kappa shape index (κ2) is 10.0. The maximum atomic E-state index is 14.5. The lowest BCUT2D eigenvalue weighted by molar-refractivity contribution is 0.0977. The molecule has 4 rings (SSSR count). The molecule has 0 amide bonds. The fraction of sp³-hybridized carbons (Fsp3) is 0.269. The lowest BCUT2D eigenvalue weighted by Crippen LogP contribution is -2.19. The van der Waals surface area contributed by atoms with Gasteiger partial charge in [0.1, 0.15) is 5.82 Å². The zero-order valence-electron chi connectivity index (χ0n) is 19.3. The minimum atomic E-state index is -0.483. The monoisotopic (exact) mass is 462 g/mol. The van der Waals surface area contributed by atoms with E-state index in [1.165, 1.54) is 13.2 Å². The third-order valence-corrected chi connectivity index (χ3v) is 5.77. The van der Waals surface area contributed by atoms with Crippen molar-refractivity contribution >= 4 is 22.4 Å². The molecule has 2 atom stereocenters. The Hall–Kier alpha value is -3.78. The van der Waals surface area contributed by atoms with Crippen molar-refractivity contribution < 1.29 is 19.0 Å². The van der Waals surface area contributed by atoms with Gasteiger partial charge < -0.3 is 15.2 Å². The van der Waals surface area contributed by atoms with E-state index in [4.69, 9.17) is 4.74 Å². The highest BCUT2D eigenvalue weighted by molar-refractivity contribution is 6.00. The van der Waals surface area contributed by atoms with E-state index in [1.54, 1.807) is 42.3 Å². The standard InChI is InChI=1S/C26H27FN4O3/c1-16(15-32)29-26-12-20-10-18(4-5-19(20)14-28-26)24(33)13-21(23-8-9-31(2)30-23)17-6-7-25(34-3)22(27)11-17/h4-12,14,16,21,32H,13,15H2,1-3H3,(H,28,29)/t16-,21+/m0/s1. The maximum absolute atomic E-state index is 14.5. The van der Waals surface area contributed by atoms with Crippen molar-refractivity contribution in [2.45, 2.75) is 25.3 Å². The second-order valence-corrected chi connectivity index (χ2v) is 8.35. The Labute approximate surface area is 197 Å². The number of carbonyl (C=O) groups excluding carboxylic acids is 1. The number of hydrogen-bond acceptors (Lipinski definition) is 6. The van der Waals surface area contributed by atoms with E-state index in [-0.39, 0.29) is 30.6 Å². The number of carbonyl (C=O) groups is 1. The molecule has 0 bridgehead atoms. The van der Waals surface area contributed by atoms with E-state index in [0.29, 0.717) is 22.6 Å². The number of nitrogens with one attached hydrogen (secondary N) is 1. The van der Waals surface area contributed by atoms with Crippen molar-refractivity contribution in [3.63, 3.8) is 0 Å². The van der Waals surface area contributed by atoms with Gasteiger partial charge in [0, 0.05) is 48.8 Å². The van der Waals surface area contributed by atoms with Crippen LogP contribution in [-0.4, -0.2) is 45.4 Å². The number of aliphatic hydroxyl groups is 1. The maximum Gasteiger partial charge on any atom is 0.165 e. The molecule has 0 unspecified atom stereocenters. The zero-order valence-corrected chi connectivity index (χ0v) is 19.3. The van der Waals surface area contributed by atoms with Crippen molar-refractivity contribution in [2.24, 2.45) is 7.05 Å². The van der Waals surface area contributed by atoms with E-state index in [9.17, 15) is 14.3 Å². The molecule has 2 aromatic heterocycles. The summed E-state index contributed by atoms with van der Waals surface area (Å²) in [5, 5.41) is 18.6. The number of aromatic nitrogens is 3. The average molecular weight is 463 g/mol. The quantitative estimate of drug-likeness (QED) is 0.360. The van der Waals surface area contributed by atoms with Crippen LogP contribution in [0, 0.1) is 5.82 Å². The number of hydrogen-bond donors (Lipinski definition) is 2. The third-order valence-electron chi connectivity index (χ3n) is 5.77. The minimum Gasteiger partial charge on any atom is -0.494 e. The number of Topliss-reactive ketones (excluding diaryl/α,β-unsaturated/α-hetero) is 1. The van der Waals surface area contributed by atoms with Crippen LogP contribution in [0.25, 0.3) is 10.8 Å². The number of aryl methyl sites for hydroxylation is 1. The molecule has 2 N–H and O–H groups in total. The van der Waals surface area contributed by atoms with Gasteiger partial charge in [0.25, 0.3) is 0 Å². The molecule has 34 heavy (non-hydrogen) atoms. The lowest BCUT2D eigenvalue weighted by atomic mass is 9.88. The summed E-state index contributed by atoms with van der Waals surface area (Å²) >= 11 is 0. The second-order valence-electron chi connectivity index (χ2n) is 8.35. The molecule has 8 heteroatoms. The molecule has 0 fully saturated rings. The number of methoxy groups -OCH3 is 1. The van der Waals surface area contributed by atoms with E-state index >= 15 is 0 Å². The number of nitrogens with zero attached hydrogens (tertiary/aromatic N) is 3. The van der Waals surface area contributed by atoms with Gasteiger partial charge in [0.15, 0.2) is 17.3 Å². The average Bonchev–Trinajstić information content (AvgIpc) is 3.27. The highest BCUT2D eigenvalue weighted by Gasteiger charge is 2.23. The summed E-state index contributed by atoms with van der Waals surface area (Å²) < 4.78 is 21.2. The molecule has 2 aromatic carbocycles. The first-order chi connectivity index (χ1) is 16.4. The summed E-state index contributed by atoms with van der Waals surface area (Å²) in [6.45, 7) is 1.84. The van der Waals surface area contributed by atoms with Crippen molar-refractivity contribution in [2.75, 3.05) is 19.0 Å². The van der Waals surface area contributed by atoms with Crippen molar-refractivity contribution in [3.05, 3.63) is 83.6 Å². The molecule has 0 aliphatic rings. The smallest absolute Gasteiger partial charge is 0.165 e. The Morgan fingerprint density at radius 3 is 2.68 bits per heavy atom. The summed E-state index contributed by atoms with van der Waals surface area (Å²) in [7, 11) is 3.22. The van der Waals surface area contributed by atoms with Crippen molar-refractivity contribution in [3.8, 4) is 5.75 Å². The summed E-state index contributed by atoms with van der Waals surface area (Å²) in [6.07, 6.45) is 3.66. The van der Waals surface area contributed by atoms with E-state index in [1.807, 2.05) is 31.2 Å². The van der Waals surface area contributed by atoms with Crippen LogP contribution in [0.1, 0.15) is 40.9 Å². The molecule has 0 aliphatic heterocycles. The zero-order chi connectivity index (χ0) is 24.2. The van der Waals surface area contributed by atoms with Gasteiger partial charge in [0.2, 0.25) is 0 Å². The molecule has 0 saturated heterocycles. The molecule has 176 valence electrons. The normalized spacial score (nSPS) is 13.0. The number of ether oxygens (including phenoxy) is 1. The van der Waals surface area contributed by atoms with Gasteiger partial charge in [-0.25, -0.2) is 9.37 Å². The number of benzene rings is 2. The fourth-order valence-electron chi connectivity index (χ4n) is 3.91. The van der Waals surface area contributed by atoms with Crippen LogP contribution < -0.4 is 10.1 Å². The molecule has 0 aliphatic carbocycles. The number of halogens is 1. The number of aliphatic hydroxyl groups excluding tert-OH is 1. The lowest BCUT2D eigenvalue weighted by Gasteiger charge is -2.16. The van der Waals surface area contributed by atoms with Crippen LogP contribution in [0.2, 0.25) is 0 Å². The highest BCUT2D eigenvalue weighted by Crippen LogP contribution is 2.31. The van der Waals surface area contributed by atoms with Gasteiger partial charge in [-0.3, -0.25) is 9.48 Å². The molecular formula is C26H27FN4O3. The number of pyridine rings is 1. The van der Waals surface area contributed by atoms with Gasteiger partial charge in [-0.15, -0.1) is 0 Å². The number of fused-ring (bicyclic) bond motifs is 1. The first-order valence-corrected chi connectivity index (χ1v) is 11.0. The van der Waals surface area contributed by atoms with Crippen LogP contribution in [0.4, 0.5) is 10.2 Å². The van der Waals surface area contributed by atoms with Crippen LogP contribution in [0.15, 0.2) is 60.9 Å². The predicted octanol–water partition coefficient (Wildman–Crippen LogP) is 4.31. The topological polar surface area (TPSA) is 89.3 Å². The third kappa shape index (κ3) is 5.07. The van der Waals surface area contributed by atoms with E-state index < -0.39 is 11.7 Å². The number of ketones is 1. The van der Waals surface area contributed by atoms with Gasteiger partial charge in [0.05, 0.1) is 19.4 Å². The molecular weight excluding hydrogens is 435 g/mol. The minimum absolute atomic E-state index is 0.0148. The van der Waals surface area contributed by atoms with Crippen LogP contribution in [0.5, 0.6) is 5.75 Å². The largest absolute Gasteiger partial charge is 0.494 e. The molecule has 7 nitrogen and oxygen atoms in total. The van der Waals surface area contributed by atoms with Gasteiger partial charge in [-0.2, -0.15) is 5.10 Å². The highest BCUT2D eigenvalue weighted by atomic mass is 19.1. The Balaban J connectivity index is 1.65. The van der Waals surface area contributed by atoms with Gasteiger partial charge >= 0.3 is 0 Å². The Kier molecular flexibility index (Phi) is 6.88. The first kappa shape index (κ1) is 23.4. The van der Waals surface area contributed by atoms with E-state index in [2.05, 4.69) is 15.4 Å². The van der Waals surface area contributed by atoms with Crippen molar-refractivity contribution in [1.82, 2.24) is 14.8 Å². The van der Waals surface area contributed by atoms with Crippen LogP contribution >= 0.6 is 0 Å². The number of rotatable bonds is 9. The summed E-state index contributed by atoms with van der Waals surface area (Å²) in [5.41, 5.74) is 1.89. The molecule has 0 radical (unpaired) electrons. The molecule has 0 spiro atoms.